The van der Waals surface area contributed by atoms with E-state index in [1.54, 1.807) is 0 Å². The van der Waals surface area contributed by atoms with Gasteiger partial charge in [0.05, 0.1) is 5.69 Å². The lowest BCUT2D eigenvalue weighted by Gasteiger charge is -2.34. The van der Waals surface area contributed by atoms with E-state index in [4.69, 9.17) is 15.2 Å². The molecule has 2 heterocycles. The van der Waals surface area contributed by atoms with Crippen LogP contribution in [0.2, 0.25) is 0 Å². The van der Waals surface area contributed by atoms with Gasteiger partial charge in [0.1, 0.15) is 13.2 Å². The van der Waals surface area contributed by atoms with E-state index in [2.05, 4.69) is 16.3 Å². The molecule has 0 bridgehead atoms. The van der Waals surface area contributed by atoms with Gasteiger partial charge in [0.25, 0.3) is 0 Å². The second-order valence-corrected chi connectivity index (χ2v) is 5.05. The van der Waals surface area contributed by atoms with Crippen molar-refractivity contribution in [3.8, 4) is 11.5 Å². The number of piperazine rings is 1. The van der Waals surface area contributed by atoms with Gasteiger partial charge in [-0.25, -0.2) is 0 Å². The van der Waals surface area contributed by atoms with E-state index in [1.165, 1.54) is 0 Å². The molecule has 5 nitrogen and oxygen atoms in total. The minimum atomic E-state index is -0.0132. The molecule has 1 aromatic carbocycles. The molecule has 1 saturated heterocycles. The first-order valence-corrected chi connectivity index (χ1v) is 6.91. The minimum Gasteiger partial charge on any atom is -0.486 e. The van der Waals surface area contributed by atoms with E-state index < -0.39 is 0 Å². The molecule has 3 rings (SSSR count). The van der Waals surface area contributed by atoms with E-state index >= 15 is 0 Å². The Morgan fingerprint density at radius 3 is 2.68 bits per heavy atom. The molecule has 0 radical (unpaired) electrons. The Bertz CT molecular complexity index is 456. The lowest BCUT2D eigenvalue weighted by atomic mass is 10.0. The molecule has 1 aromatic rings. The Hall–Kier alpha value is -1.46. The molecule has 104 valence electrons. The summed E-state index contributed by atoms with van der Waals surface area (Å²) < 4.78 is 11.5. The van der Waals surface area contributed by atoms with Gasteiger partial charge in [-0.15, -0.1) is 0 Å². The summed E-state index contributed by atoms with van der Waals surface area (Å²) in [4.78, 5) is 2.35. The molecule has 1 fully saturated rings. The molecular formula is C14H21N3O2. The Labute approximate surface area is 113 Å². The lowest BCUT2D eigenvalue weighted by molar-refractivity contribution is 0.171. The van der Waals surface area contributed by atoms with Crippen LogP contribution in [0.1, 0.15) is 18.5 Å². The fraction of sp³-hybridized carbons (Fsp3) is 0.571. The van der Waals surface area contributed by atoms with Gasteiger partial charge in [-0.1, -0.05) is 6.07 Å². The number of nitrogens with two attached hydrogens (primary N) is 1. The van der Waals surface area contributed by atoms with Gasteiger partial charge in [0, 0.05) is 32.2 Å². The molecular weight excluding hydrogens is 242 g/mol. The van der Waals surface area contributed by atoms with Crippen molar-refractivity contribution in [2.24, 2.45) is 5.73 Å². The van der Waals surface area contributed by atoms with Gasteiger partial charge in [0.15, 0.2) is 11.5 Å². The third-order valence-electron chi connectivity index (χ3n) is 3.64. The summed E-state index contributed by atoms with van der Waals surface area (Å²) in [6, 6.07) is 4.02. The number of hydrogen-bond donors (Lipinski definition) is 2. The molecule has 0 amide bonds. The highest BCUT2D eigenvalue weighted by molar-refractivity contribution is 5.70. The van der Waals surface area contributed by atoms with Crippen LogP contribution in [-0.2, 0) is 0 Å². The molecule has 5 heteroatoms. The summed E-state index contributed by atoms with van der Waals surface area (Å²) >= 11 is 0. The highest BCUT2D eigenvalue weighted by atomic mass is 16.6. The fourth-order valence-corrected chi connectivity index (χ4v) is 2.70. The first-order valence-electron chi connectivity index (χ1n) is 6.91. The zero-order valence-corrected chi connectivity index (χ0v) is 11.3. The van der Waals surface area contributed by atoms with Crippen LogP contribution in [-0.4, -0.2) is 39.4 Å². The number of benzene rings is 1. The number of hydrogen-bond acceptors (Lipinski definition) is 5. The summed E-state index contributed by atoms with van der Waals surface area (Å²) in [6.07, 6.45) is 0. The maximum Gasteiger partial charge on any atom is 0.184 e. The van der Waals surface area contributed by atoms with Crippen LogP contribution < -0.4 is 25.4 Å². The molecule has 0 saturated carbocycles. The van der Waals surface area contributed by atoms with Crippen LogP contribution in [0, 0.1) is 0 Å². The van der Waals surface area contributed by atoms with Crippen LogP contribution in [0.5, 0.6) is 11.5 Å². The van der Waals surface area contributed by atoms with Crippen molar-refractivity contribution >= 4 is 5.69 Å². The second kappa shape index (κ2) is 5.27. The number of rotatable bonds is 2. The SMILES string of the molecule is CC(N)c1ccc2c(c1N1CCNCC1)OCCO2. The van der Waals surface area contributed by atoms with Gasteiger partial charge in [0.2, 0.25) is 0 Å². The Kier molecular flexibility index (Phi) is 3.48. The lowest BCUT2D eigenvalue weighted by Crippen LogP contribution is -2.44. The standard InChI is InChI=1S/C14H21N3O2/c1-10(15)11-2-3-12-14(19-9-8-18-12)13(11)17-6-4-16-5-7-17/h2-3,10,16H,4-9,15H2,1H3. The third-order valence-corrected chi connectivity index (χ3v) is 3.64. The van der Waals surface area contributed by atoms with Crippen LogP contribution in [0.25, 0.3) is 0 Å². The van der Waals surface area contributed by atoms with Crippen molar-refractivity contribution in [3.63, 3.8) is 0 Å². The molecule has 1 unspecified atom stereocenters. The molecule has 3 N–H and O–H groups in total. The summed E-state index contributed by atoms with van der Waals surface area (Å²) in [5.74, 6) is 1.70. The average molecular weight is 263 g/mol. The summed E-state index contributed by atoms with van der Waals surface area (Å²) in [6.45, 7) is 7.15. The predicted molar refractivity (Wildman–Crippen MR) is 75.1 cm³/mol. The highest BCUT2D eigenvalue weighted by Gasteiger charge is 2.25. The minimum absolute atomic E-state index is 0.0132. The molecule has 1 atom stereocenters. The zero-order valence-electron chi connectivity index (χ0n) is 11.3. The highest BCUT2D eigenvalue weighted by Crippen LogP contribution is 2.43. The Morgan fingerprint density at radius 2 is 1.95 bits per heavy atom. The van der Waals surface area contributed by atoms with Crippen LogP contribution in [0.3, 0.4) is 0 Å². The van der Waals surface area contributed by atoms with E-state index in [1.807, 2.05) is 13.0 Å². The normalized spacial score (nSPS) is 20.2. The quantitative estimate of drug-likeness (QED) is 0.830. The topological polar surface area (TPSA) is 59.8 Å². The Balaban J connectivity index is 2.06. The van der Waals surface area contributed by atoms with Crippen molar-refractivity contribution < 1.29 is 9.47 Å². The smallest absolute Gasteiger partial charge is 0.184 e. The molecule has 0 aliphatic carbocycles. The molecule has 0 spiro atoms. The van der Waals surface area contributed by atoms with Crippen molar-refractivity contribution in [3.05, 3.63) is 17.7 Å². The number of fused-ring (bicyclic) bond motifs is 1. The summed E-state index contributed by atoms with van der Waals surface area (Å²) in [5.41, 5.74) is 8.37. The monoisotopic (exact) mass is 263 g/mol. The van der Waals surface area contributed by atoms with E-state index in [9.17, 15) is 0 Å². The van der Waals surface area contributed by atoms with Crippen LogP contribution in [0.15, 0.2) is 12.1 Å². The Morgan fingerprint density at radius 1 is 1.21 bits per heavy atom. The largest absolute Gasteiger partial charge is 0.486 e. The molecule has 0 aromatic heterocycles. The fourth-order valence-electron chi connectivity index (χ4n) is 2.70. The first kappa shape index (κ1) is 12.6. The number of anilines is 1. The average Bonchev–Trinajstić information content (AvgIpc) is 2.46. The van der Waals surface area contributed by atoms with Gasteiger partial charge < -0.3 is 25.4 Å². The van der Waals surface area contributed by atoms with E-state index in [0.29, 0.717) is 13.2 Å². The molecule has 2 aliphatic rings. The third kappa shape index (κ3) is 2.35. The summed E-state index contributed by atoms with van der Waals surface area (Å²) in [5, 5.41) is 3.37. The van der Waals surface area contributed by atoms with E-state index in [-0.39, 0.29) is 6.04 Å². The van der Waals surface area contributed by atoms with Gasteiger partial charge >= 0.3 is 0 Å². The number of ether oxygens (including phenoxy) is 2. The summed E-state index contributed by atoms with van der Waals surface area (Å²) in [7, 11) is 0. The van der Waals surface area contributed by atoms with Gasteiger partial charge in [-0.3, -0.25) is 0 Å². The maximum absolute atomic E-state index is 6.12. The van der Waals surface area contributed by atoms with Crippen LogP contribution in [0.4, 0.5) is 5.69 Å². The van der Waals surface area contributed by atoms with Crippen molar-refractivity contribution in [2.45, 2.75) is 13.0 Å². The maximum atomic E-state index is 6.12. The van der Waals surface area contributed by atoms with Crippen molar-refractivity contribution in [1.29, 1.82) is 0 Å². The second-order valence-electron chi connectivity index (χ2n) is 5.05. The van der Waals surface area contributed by atoms with E-state index in [0.717, 1.165) is 48.9 Å². The predicted octanol–water partition coefficient (Wildman–Crippen LogP) is 0.887. The number of nitrogens with one attached hydrogen (secondary N) is 1. The van der Waals surface area contributed by atoms with Crippen molar-refractivity contribution in [1.82, 2.24) is 5.32 Å². The number of nitrogens with zero attached hydrogens (tertiary/aromatic N) is 1. The molecule has 2 aliphatic heterocycles. The van der Waals surface area contributed by atoms with Crippen molar-refractivity contribution in [2.75, 3.05) is 44.3 Å². The van der Waals surface area contributed by atoms with Gasteiger partial charge in [-0.05, 0) is 18.6 Å². The molecule has 19 heavy (non-hydrogen) atoms. The van der Waals surface area contributed by atoms with Crippen LogP contribution >= 0.6 is 0 Å². The first-order chi connectivity index (χ1) is 9.27. The zero-order chi connectivity index (χ0) is 13.2. The van der Waals surface area contributed by atoms with Gasteiger partial charge in [-0.2, -0.15) is 0 Å².